The molecule has 1 aliphatic heterocycles. The zero-order chi connectivity index (χ0) is 15.4. The number of amides is 1. The van der Waals surface area contributed by atoms with E-state index in [4.69, 9.17) is 4.74 Å². The first kappa shape index (κ1) is 16.0. The van der Waals surface area contributed by atoms with E-state index in [0.717, 1.165) is 19.5 Å². The fourth-order valence-electron chi connectivity index (χ4n) is 2.34. The van der Waals surface area contributed by atoms with Crippen LogP contribution in [0, 0.1) is 5.92 Å². The molecule has 1 atom stereocenters. The van der Waals surface area contributed by atoms with E-state index in [9.17, 15) is 9.59 Å². The Kier molecular flexibility index (Phi) is 5.36. The number of nitrogens with one attached hydrogen (secondary N) is 1. The second kappa shape index (κ2) is 7.04. The number of likely N-dealkylation sites (tertiary alicyclic amines) is 1. The van der Waals surface area contributed by atoms with Crippen molar-refractivity contribution in [1.29, 1.82) is 0 Å². The molecule has 1 fully saturated rings. The number of benzene rings is 1. The Morgan fingerprint density at radius 3 is 2.81 bits per heavy atom. The van der Waals surface area contributed by atoms with E-state index in [1.54, 1.807) is 25.1 Å². The zero-order valence-corrected chi connectivity index (χ0v) is 13.8. The third-order valence-corrected chi connectivity index (χ3v) is 4.16. The molecule has 1 amide bonds. The summed E-state index contributed by atoms with van der Waals surface area (Å²) < 4.78 is 5.62. The zero-order valence-electron chi connectivity index (χ0n) is 12.2. The van der Waals surface area contributed by atoms with E-state index in [1.807, 2.05) is 7.05 Å². The van der Waals surface area contributed by atoms with Crippen molar-refractivity contribution < 1.29 is 14.3 Å². The lowest BCUT2D eigenvalue weighted by molar-refractivity contribution is -0.119. The Morgan fingerprint density at radius 2 is 2.24 bits per heavy atom. The second-order valence-electron chi connectivity index (χ2n) is 5.15. The lowest BCUT2D eigenvalue weighted by atomic mass is 10.1. The van der Waals surface area contributed by atoms with Gasteiger partial charge in [-0.25, -0.2) is 4.79 Å². The second-order valence-corrected chi connectivity index (χ2v) is 6.01. The number of nitrogens with zero attached hydrogens (tertiary/aromatic N) is 1. The fourth-order valence-corrected chi connectivity index (χ4v) is 2.82. The summed E-state index contributed by atoms with van der Waals surface area (Å²) >= 11 is 3.38. The highest BCUT2D eigenvalue weighted by molar-refractivity contribution is 9.10. The smallest absolute Gasteiger partial charge is 0.338 e. The van der Waals surface area contributed by atoms with E-state index in [1.165, 1.54) is 0 Å². The van der Waals surface area contributed by atoms with Gasteiger partial charge in [-0.3, -0.25) is 4.79 Å². The van der Waals surface area contributed by atoms with Gasteiger partial charge in [0, 0.05) is 11.0 Å². The molecule has 2 rings (SSSR count). The minimum absolute atomic E-state index is 0.0175. The highest BCUT2D eigenvalue weighted by atomic mass is 79.9. The normalized spacial score (nSPS) is 18.5. The van der Waals surface area contributed by atoms with Gasteiger partial charge in [0.2, 0.25) is 5.91 Å². The maximum atomic E-state index is 12.2. The molecule has 21 heavy (non-hydrogen) atoms. The van der Waals surface area contributed by atoms with Crippen LogP contribution in [0.5, 0.6) is 0 Å². The summed E-state index contributed by atoms with van der Waals surface area (Å²) in [7, 11) is 2.01. The number of halogens is 1. The van der Waals surface area contributed by atoms with Crippen LogP contribution >= 0.6 is 15.9 Å². The molecule has 0 bridgehead atoms. The summed E-state index contributed by atoms with van der Waals surface area (Å²) in [5, 5.41) is 2.91. The molecule has 0 aromatic heterocycles. The molecular formula is C15H19BrN2O3. The third kappa shape index (κ3) is 4.04. The maximum Gasteiger partial charge on any atom is 0.338 e. The fraction of sp³-hybridized carbons (Fsp3) is 0.467. The maximum absolute atomic E-state index is 12.2. The van der Waals surface area contributed by atoms with E-state index < -0.39 is 0 Å². The van der Waals surface area contributed by atoms with Crippen molar-refractivity contribution in [3.8, 4) is 0 Å². The summed E-state index contributed by atoms with van der Waals surface area (Å²) in [6, 6.07) is 5.03. The van der Waals surface area contributed by atoms with Gasteiger partial charge in [-0.1, -0.05) is 0 Å². The number of esters is 1. The average molecular weight is 355 g/mol. The number of hydrogen-bond donors (Lipinski definition) is 1. The SMILES string of the molecule is CCOC(=O)c1ccc(NC(=O)C2CCN(C)C2)c(Br)c1. The van der Waals surface area contributed by atoms with Gasteiger partial charge in [0.05, 0.1) is 23.8 Å². The Morgan fingerprint density at radius 1 is 1.48 bits per heavy atom. The van der Waals surface area contributed by atoms with Crippen LogP contribution in [0.2, 0.25) is 0 Å². The van der Waals surface area contributed by atoms with Crippen LogP contribution < -0.4 is 5.32 Å². The molecule has 1 aromatic rings. The minimum Gasteiger partial charge on any atom is -0.462 e. The van der Waals surface area contributed by atoms with Crippen molar-refractivity contribution in [3.63, 3.8) is 0 Å². The number of carbonyl (C=O) groups excluding carboxylic acids is 2. The number of carbonyl (C=O) groups is 2. The van der Waals surface area contributed by atoms with Crippen LogP contribution in [-0.4, -0.2) is 43.5 Å². The topological polar surface area (TPSA) is 58.6 Å². The molecule has 0 spiro atoms. The molecule has 1 heterocycles. The summed E-state index contributed by atoms with van der Waals surface area (Å²) in [5.41, 5.74) is 1.13. The van der Waals surface area contributed by atoms with E-state index in [2.05, 4.69) is 26.1 Å². The van der Waals surface area contributed by atoms with E-state index in [-0.39, 0.29) is 17.8 Å². The quantitative estimate of drug-likeness (QED) is 0.844. The van der Waals surface area contributed by atoms with Crippen LogP contribution in [0.3, 0.4) is 0 Å². The number of hydrogen-bond acceptors (Lipinski definition) is 4. The summed E-state index contributed by atoms with van der Waals surface area (Å²) in [5.74, 6) is -0.330. The lowest BCUT2D eigenvalue weighted by Gasteiger charge is -2.13. The van der Waals surface area contributed by atoms with Crippen molar-refractivity contribution in [1.82, 2.24) is 4.90 Å². The first-order valence-electron chi connectivity index (χ1n) is 6.97. The molecule has 1 N–H and O–H groups in total. The summed E-state index contributed by atoms with van der Waals surface area (Å²) in [6.07, 6.45) is 0.876. The molecule has 1 aliphatic rings. The summed E-state index contributed by atoms with van der Waals surface area (Å²) in [6.45, 7) is 3.83. The molecule has 1 aromatic carbocycles. The average Bonchev–Trinajstić information content (AvgIpc) is 2.88. The molecule has 0 radical (unpaired) electrons. The molecule has 114 valence electrons. The third-order valence-electron chi connectivity index (χ3n) is 3.50. The molecule has 1 saturated heterocycles. The highest BCUT2D eigenvalue weighted by Crippen LogP contribution is 2.25. The van der Waals surface area contributed by atoms with Gasteiger partial charge in [-0.05, 0) is 61.1 Å². The molecule has 0 saturated carbocycles. The van der Waals surface area contributed by atoms with Gasteiger partial charge in [0.25, 0.3) is 0 Å². The summed E-state index contributed by atoms with van der Waals surface area (Å²) in [4.78, 5) is 26.0. The van der Waals surface area contributed by atoms with Crippen molar-refractivity contribution in [2.24, 2.45) is 5.92 Å². The number of ether oxygens (including phenoxy) is 1. The van der Waals surface area contributed by atoms with Crippen LogP contribution in [0.1, 0.15) is 23.7 Å². The standard InChI is InChI=1S/C15H19BrN2O3/c1-3-21-15(20)10-4-5-13(12(16)8-10)17-14(19)11-6-7-18(2)9-11/h4-5,8,11H,3,6-7,9H2,1-2H3,(H,17,19). The van der Waals surface area contributed by atoms with E-state index >= 15 is 0 Å². The molecular weight excluding hydrogens is 336 g/mol. The Bertz CT molecular complexity index is 548. The van der Waals surface area contributed by atoms with Gasteiger partial charge in [-0.15, -0.1) is 0 Å². The van der Waals surface area contributed by atoms with Crippen molar-refractivity contribution in [3.05, 3.63) is 28.2 Å². The molecule has 0 aliphatic carbocycles. The monoisotopic (exact) mass is 354 g/mol. The molecule has 1 unspecified atom stereocenters. The van der Waals surface area contributed by atoms with E-state index in [0.29, 0.717) is 22.3 Å². The molecule has 6 heteroatoms. The Hall–Kier alpha value is -1.40. The predicted molar refractivity (Wildman–Crippen MR) is 84.3 cm³/mol. The van der Waals surface area contributed by atoms with Crippen molar-refractivity contribution >= 4 is 33.5 Å². The van der Waals surface area contributed by atoms with Gasteiger partial charge in [0.15, 0.2) is 0 Å². The first-order valence-corrected chi connectivity index (χ1v) is 7.76. The van der Waals surface area contributed by atoms with Gasteiger partial charge in [-0.2, -0.15) is 0 Å². The van der Waals surface area contributed by atoms with Gasteiger partial charge >= 0.3 is 5.97 Å². The largest absolute Gasteiger partial charge is 0.462 e. The number of rotatable bonds is 4. The Balaban J connectivity index is 2.04. The first-order chi connectivity index (χ1) is 10.0. The van der Waals surface area contributed by atoms with Crippen LogP contribution in [-0.2, 0) is 9.53 Å². The van der Waals surface area contributed by atoms with Crippen LogP contribution in [0.4, 0.5) is 5.69 Å². The van der Waals surface area contributed by atoms with Gasteiger partial charge < -0.3 is 15.0 Å². The van der Waals surface area contributed by atoms with Crippen LogP contribution in [0.25, 0.3) is 0 Å². The van der Waals surface area contributed by atoms with Crippen molar-refractivity contribution in [2.75, 3.05) is 32.1 Å². The minimum atomic E-state index is -0.367. The highest BCUT2D eigenvalue weighted by Gasteiger charge is 2.26. The lowest BCUT2D eigenvalue weighted by Crippen LogP contribution is -2.25. The predicted octanol–water partition coefficient (Wildman–Crippen LogP) is 2.52. The van der Waals surface area contributed by atoms with Gasteiger partial charge in [0.1, 0.15) is 0 Å². The van der Waals surface area contributed by atoms with Crippen molar-refractivity contribution in [2.45, 2.75) is 13.3 Å². The number of anilines is 1. The van der Waals surface area contributed by atoms with Crippen LogP contribution in [0.15, 0.2) is 22.7 Å². The Labute approximate surface area is 132 Å². The molecule has 5 nitrogen and oxygen atoms in total.